The molecule has 5 nitrogen and oxygen atoms in total. The van der Waals surface area contributed by atoms with Gasteiger partial charge in [-0.05, 0) is 22.3 Å². The molecule has 3 amide bonds. The second kappa shape index (κ2) is 13.2. The van der Waals surface area contributed by atoms with Crippen molar-refractivity contribution in [3.05, 3.63) is 144 Å². The zero-order valence-corrected chi connectivity index (χ0v) is 21.5. The van der Waals surface area contributed by atoms with Crippen molar-refractivity contribution in [3.63, 3.8) is 0 Å². The molecule has 0 N–H and O–H groups in total. The van der Waals surface area contributed by atoms with Gasteiger partial charge in [0.05, 0.1) is 0 Å². The van der Waals surface area contributed by atoms with Gasteiger partial charge in [0.15, 0.2) is 0 Å². The highest BCUT2D eigenvalue weighted by atomic mass is 16.2. The second-order valence-electron chi connectivity index (χ2n) is 9.35. The van der Waals surface area contributed by atoms with E-state index in [9.17, 15) is 14.4 Å². The molecule has 0 fully saturated rings. The lowest BCUT2D eigenvalue weighted by atomic mass is 9.90. The third kappa shape index (κ3) is 6.83. The number of imide groups is 1. The van der Waals surface area contributed by atoms with Gasteiger partial charge in [-0.25, -0.2) is 0 Å². The maximum absolute atomic E-state index is 13.2. The maximum atomic E-state index is 13.2. The van der Waals surface area contributed by atoms with Gasteiger partial charge in [0.1, 0.15) is 6.42 Å². The summed E-state index contributed by atoms with van der Waals surface area (Å²) >= 11 is 0. The molecule has 5 heteroatoms. The van der Waals surface area contributed by atoms with Crippen molar-refractivity contribution in [2.75, 3.05) is 20.1 Å². The Bertz CT molecular complexity index is 1230. The molecule has 4 aromatic carbocycles. The number of likely N-dealkylation sites (N-methyl/N-ethyl adjacent to an activating group) is 1. The van der Waals surface area contributed by atoms with E-state index in [1.165, 1.54) is 0 Å². The molecule has 0 aromatic heterocycles. The smallest absolute Gasteiger partial charge is 0.238 e. The molecule has 0 spiro atoms. The summed E-state index contributed by atoms with van der Waals surface area (Å²) in [5, 5.41) is 0. The molecule has 4 rings (SSSR count). The molecule has 0 atom stereocenters. The normalized spacial score (nSPS) is 10.8. The van der Waals surface area contributed by atoms with E-state index in [0.29, 0.717) is 13.0 Å². The van der Waals surface area contributed by atoms with Crippen LogP contribution in [0.5, 0.6) is 0 Å². The standard InChI is InChI=1S/C33H32N2O3/c1-34(23-30(26-14-6-2-7-15-26)27-16-8-3-9-17-27)32(37)22-33(38)35(25-36)24-31(28-18-10-4-11-19-28)29-20-12-5-13-21-29/h2-21,25,30-31H,22-24H2,1H3. The minimum atomic E-state index is -0.510. The predicted molar refractivity (Wildman–Crippen MR) is 149 cm³/mol. The average Bonchev–Trinajstić information content (AvgIpc) is 2.98. The van der Waals surface area contributed by atoms with Crippen LogP contribution in [0, 0.1) is 0 Å². The topological polar surface area (TPSA) is 57.7 Å². The maximum Gasteiger partial charge on any atom is 0.238 e. The summed E-state index contributed by atoms with van der Waals surface area (Å²) < 4.78 is 0. The molecule has 0 bridgehead atoms. The fraction of sp³-hybridized carbons (Fsp3) is 0.182. The van der Waals surface area contributed by atoms with Crippen LogP contribution in [0.1, 0.15) is 40.5 Å². The molecule has 0 aliphatic carbocycles. The number of nitrogens with zero attached hydrogens (tertiary/aromatic N) is 2. The van der Waals surface area contributed by atoms with E-state index >= 15 is 0 Å². The minimum Gasteiger partial charge on any atom is -0.344 e. The van der Waals surface area contributed by atoms with Crippen molar-refractivity contribution in [3.8, 4) is 0 Å². The van der Waals surface area contributed by atoms with E-state index in [4.69, 9.17) is 0 Å². The molecular weight excluding hydrogens is 472 g/mol. The van der Waals surface area contributed by atoms with Gasteiger partial charge < -0.3 is 4.90 Å². The van der Waals surface area contributed by atoms with Crippen LogP contribution in [0.2, 0.25) is 0 Å². The van der Waals surface area contributed by atoms with Crippen LogP contribution in [0.3, 0.4) is 0 Å². The second-order valence-corrected chi connectivity index (χ2v) is 9.35. The van der Waals surface area contributed by atoms with Crippen LogP contribution in [0.4, 0.5) is 0 Å². The molecular formula is C33H32N2O3. The SMILES string of the molecule is CN(CC(c1ccccc1)c1ccccc1)C(=O)CC(=O)N(C=O)CC(c1ccccc1)c1ccccc1. The van der Waals surface area contributed by atoms with Gasteiger partial charge in [-0.15, -0.1) is 0 Å². The zero-order valence-electron chi connectivity index (χ0n) is 21.5. The fourth-order valence-electron chi connectivity index (χ4n) is 4.69. The minimum absolute atomic E-state index is 0.0378. The van der Waals surface area contributed by atoms with Crippen molar-refractivity contribution in [2.45, 2.75) is 18.3 Å². The molecule has 4 aromatic rings. The Labute approximate surface area is 224 Å². The summed E-state index contributed by atoms with van der Waals surface area (Å²) in [6.45, 7) is 0.571. The first-order valence-corrected chi connectivity index (χ1v) is 12.8. The summed E-state index contributed by atoms with van der Waals surface area (Å²) in [5.41, 5.74) is 4.17. The highest BCUT2D eigenvalue weighted by Gasteiger charge is 2.26. The Morgan fingerprint density at radius 2 is 0.921 bits per heavy atom. The van der Waals surface area contributed by atoms with Crippen molar-refractivity contribution < 1.29 is 14.4 Å². The Kier molecular flexibility index (Phi) is 9.19. The number of rotatable bonds is 11. The first kappa shape index (κ1) is 26.6. The Morgan fingerprint density at radius 3 is 1.26 bits per heavy atom. The fourth-order valence-corrected chi connectivity index (χ4v) is 4.69. The summed E-state index contributed by atoms with van der Waals surface area (Å²) in [5.74, 6) is -1.07. The highest BCUT2D eigenvalue weighted by molar-refractivity contribution is 6.00. The van der Waals surface area contributed by atoms with Crippen LogP contribution >= 0.6 is 0 Å². The van der Waals surface area contributed by atoms with Crippen molar-refractivity contribution >= 4 is 18.2 Å². The van der Waals surface area contributed by atoms with E-state index in [1.807, 2.05) is 121 Å². The lowest BCUT2D eigenvalue weighted by molar-refractivity contribution is -0.143. The largest absolute Gasteiger partial charge is 0.344 e. The monoisotopic (exact) mass is 504 g/mol. The average molecular weight is 505 g/mol. The van der Waals surface area contributed by atoms with E-state index in [1.54, 1.807) is 11.9 Å². The van der Waals surface area contributed by atoms with E-state index in [-0.39, 0.29) is 30.7 Å². The molecule has 0 aliphatic heterocycles. The lowest BCUT2D eigenvalue weighted by Gasteiger charge is -2.27. The van der Waals surface area contributed by atoms with Crippen LogP contribution in [0.15, 0.2) is 121 Å². The van der Waals surface area contributed by atoms with Gasteiger partial charge in [-0.1, -0.05) is 121 Å². The van der Waals surface area contributed by atoms with Crippen molar-refractivity contribution in [1.82, 2.24) is 9.80 Å². The summed E-state index contributed by atoms with van der Waals surface area (Å²) in [7, 11) is 1.70. The Balaban J connectivity index is 1.47. The van der Waals surface area contributed by atoms with Crippen LogP contribution in [-0.2, 0) is 14.4 Å². The van der Waals surface area contributed by atoms with Crippen molar-refractivity contribution in [1.29, 1.82) is 0 Å². The van der Waals surface area contributed by atoms with Crippen molar-refractivity contribution in [2.24, 2.45) is 0 Å². The van der Waals surface area contributed by atoms with E-state index in [2.05, 4.69) is 0 Å². The predicted octanol–water partition coefficient (Wildman–Crippen LogP) is 5.48. The van der Waals surface area contributed by atoms with Gasteiger partial charge in [0.25, 0.3) is 0 Å². The first-order valence-electron chi connectivity index (χ1n) is 12.8. The number of carbonyl (C=O) groups is 3. The molecule has 0 aliphatic rings. The number of amides is 3. The first-order chi connectivity index (χ1) is 18.6. The Hall–Kier alpha value is -4.51. The molecule has 0 radical (unpaired) electrons. The lowest BCUT2D eigenvalue weighted by Crippen LogP contribution is -2.39. The van der Waals surface area contributed by atoms with Gasteiger partial charge in [0.2, 0.25) is 18.2 Å². The quantitative estimate of drug-likeness (QED) is 0.201. The number of hydrogen-bond donors (Lipinski definition) is 0. The van der Waals surface area contributed by atoms with Gasteiger partial charge in [-0.2, -0.15) is 0 Å². The Morgan fingerprint density at radius 1 is 0.579 bits per heavy atom. The van der Waals surface area contributed by atoms with Crippen LogP contribution in [0.25, 0.3) is 0 Å². The zero-order chi connectivity index (χ0) is 26.7. The van der Waals surface area contributed by atoms with Gasteiger partial charge >= 0.3 is 0 Å². The molecule has 0 saturated heterocycles. The summed E-state index contributed by atoms with van der Waals surface area (Å²) in [6, 6.07) is 39.6. The van der Waals surface area contributed by atoms with E-state index < -0.39 is 5.91 Å². The van der Waals surface area contributed by atoms with Crippen LogP contribution in [-0.4, -0.2) is 48.2 Å². The molecule has 192 valence electrons. The third-order valence-electron chi connectivity index (χ3n) is 6.82. The van der Waals surface area contributed by atoms with Gasteiger partial charge in [0, 0.05) is 32.0 Å². The number of hydrogen-bond acceptors (Lipinski definition) is 3. The molecule has 0 heterocycles. The summed E-state index contributed by atoms with van der Waals surface area (Å²) in [6.07, 6.45) is 0.160. The number of carbonyl (C=O) groups excluding carboxylic acids is 3. The number of benzene rings is 4. The van der Waals surface area contributed by atoms with Crippen LogP contribution < -0.4 is 0 Å². The highest BCUT2D eigenvalue weighted by Crippen LogP contribution is 2.27. The third-order valence-corrected chi connectivity index (χ3v) is 6.82. The summed E-state index contributed by atoms with van der Waals surface area (Å²) in [4.78, 5) is 41.1. The van der Waals surface area contributed by atoms with E-state index in [0.717, 1.165) is 27.2 Å². The molecule has 38 heavy (non-hydrogen) atoms. The molecule has 0 unspecified atom stereocenters. The molecule has 0 saturated carbocycles. The van der Waals surface area contributed by atoms with Gasteiger partial charge in [-0.3, -0.25) is 19.3 Å².